The van der Waals surface area contributed by atoms with Gasteiger partial charge in [-0.3, -0.25) is 9.20 Å². The Hall–Kier alpha value is -2.12. The molecule has 0 bridgehead atoms. The summed E-state index contributed by atoms with van der Waals surface area (Å²) in [6, 6.07) is 9.68. The van der Waals surface area contributed by atoms with Crippen LogP contribution in [0.5, 0.6) is 0 Å². The maximum atomic E-state index is 13.9. The van der Waals surface area contributed by atoms with E-state index in [2.05, 4.69) is 15.5 Å². The zero-order valence-electron chi connectivity index (χ0n) is 14.2. The van der Waals surface area contributed by atoms with Crippen molar-refractivity contribution in [2.45, 2.75) is 18.9 Å². The van der Waals surface area contributed by atoms with Gasteiger partial charge >= 0.3 is 0 Å². The summed E-state index contributed by atoms with van der Waals surface area (Å²) in [4.78, 5) is 12.5. The van der Waals surface area contributed by atoms with Crippen LogP contribution in [0.25, 0.3) is 5.65 Å². The summed E-state index contributed by atoms with van der Waals surface area (Å²) in [5.74, 6) is 0.701. The summed E-state index contributed by atoms with van der Waals surface area (Å²) in [7, 11) is 0. The van der Waals surface area contributed by atoms with Crippen LogP contribution in [0.1, 0.15) is 23.9 Å². The number of aromatic nitrogens is 3. The molecule has 0 aliphatic heterocycles. The molecule has 0 aliphatic rings. The lowest BCUT2D eigenvalue weighted by atomic mass is 10.1. The SMILES string of the molecule is CSCC[C@@H](NC(=O)Cc1c(F)cccc1Cl)c1nnc2ccccn12. The molecule has 0 radical (unpaired) electrons. The van der Waals surface area contributed by atoms with Gasteiger partial charge in [-0.15, -0.1) is 10.2 Å². The van der Waals surface area contributed by atoms with Crippen molar-refractivity contribution in [3.05, 3.63) is 64.8 Å². The fraction of sp³-hybridized carbons (Fsp3) is 0.278. The molecule has 1 aromatic carbocycles. The van der Waals surface area contributed by atoms with Gasteiger partial charge in [-0.1, -0.05) is 23.7 Å². The molecule has 2 heterocycles. The van der Waals surface area contributed by atoms with Gasteiger partial charge in [-0.2, -0.15) is 11.8 Å². The quantitative estimate of drug-likeness (QED) is 0.666. The van der Waals surface area contributed by atoms with Gasteiger partial charge in [0.1, 0.15) is 5.82 Å². The number of rotatable bonds is 7. The molecule has 0 aliphatic carbocycles. The number of nitrogens with one attached hydrogen (secondary N) is 1. The molecule has 1 amide bonds. The summed E-state index contributed by atoms with van der Waals surface area (Å²) >= 11 is 7.70. The molecule has 3 rings (SSSR count). The van der Waals surface area contributed by atoms with Gasteiger partial charge in [0, 0.05) is 16.8 Å². The van der Waals surface area contributed by atoms with Gasteiger partial charge in [0.05, 0.1) is 12.5 Å². The number of amides is 1. The Balaban J connectivity index is 1.81. The number of carbonyl (C=O) groups excluding carboxylic acids is 1. The fourth-order valence-corrected chi connectivity index (χ4v) is 3.41. The normalized spacial score (nSPS) is 12.3. The monoisotopic (exact) mass is 392 g/mol. The predicted octanol–water partition coefficient (Wildman–Crippen LogP) is 3.67. The Morgan fingerprint density at radius 1 is 1.31 bits per heavy atom. The van der Waals surface area contributed by atoms with Crippen LogP contribution in [-0.4, -0.2) is 32.5 Å². The lowest BCUT2D eigenvalue weighted by Gasteiger charge is -2.17. The fourth-order valence-electron chi connectivity index (χ4n) is 2.71. The Kier molecular flexibility index (Phi) is 6.11. The molecule has 8 heteroatoms. The molecule has 0 unspecified atom stereocenters. The lowest BCUT2D eigenvalue weighted by molar-refractivity contribution is -0.121. The van der Waals surface area contributed by atoms with Crippen molar-refractivity contribution in [3.63, 3.8) is 0 Å². The number of carbonyl (C=O) groups is 1. The van der Waals surface area contributed by atoms with Crippen molar-refractivity contribution in [2.24, 2.45) is 0 Å². The van der Waals surface area contributed by atoms with Gasteiger partial charge < -0.3 is 5.32 Å². The first-order valence-corrected chi connectivity index (χ1v) is 9.88. The number of pyridine rings is 1. The minimum absolute atomic E-state index is 0.127. The average molecular weight is 393 g/mol. The Labute approximate surface area is 160 Å². The first kappa shape index (κ1) is 18.7. The standard InChI is InChI=1S/C18H18ClFN4OS/c1-26-10-8-15(18-23-22-16-7-2-3-9-24(16)18)21-17(25)11-12-13(19)5-4-6-14(12)20/h2-7,9,15H,8,10-11H2,1H3,(H,21,25)/t15-/m1/s1. The van der Waals surface area contributed by atoms with E-state index in [0.29, 0.717) is 17.9 Å². The highest BCUT2D eigenvalue weighted by Crippen LogP contribution is 2.21. The number of benzene rings is 1. The smallest absolute Gasteiger partial charge is 0.225 e. The summed E-state index contributed by atoms with van der Waals surface area (Å²) < 4.78 is 15.8. The molecule has 5 nitrogen and oxygen atoms in total. The molecule has 136 valence electrons. The highest BCUT2D eigenvalue weighted by molar-refractivity contribution is 7.98. The van der Waals surface area contributed by atoms with E-state index >= 15 is 0 Å². The zero-order chi connectivity index (χ0) is 18.5. The second kappa shape index (κ2) is 8.51. The molecular formula is C18H18ClFN4OS. The van der Waals surface area contributed by atoms with Gasteiger partial charge in [-0.05, 0) is 42.7 Å². The zero-order valence-corrected chi connectivity index (χ0v) is 15.7. The lowest BCUT2D eigenvalue weighted by Crippen LogP contribution is -2.32. The third kappa shape index (κ3) is 4.16. The Bertz CT molecular complexity index is 897. The van der Waals surface area contributed by atoms with Crippen molar-refractivity contribution in [3.8, 4) is 0 Å². The maximum absolute atomic E-state index is 13.9. The number of thioether (sulfide) groups is 1. The second-order valence-corrected chi connectivity index (χ2v) is 7.16. The van der Waals surface area contributed by atoms with Crippen LogP contribution in [0, 0.1) is 5.82 Å². The maximum Gasteiger partial charge on any atom is 0.225 e. The summed E-state index contributed by atoms with van der Waals surface area (Å²) in [6.45, 7) is 0. The number of halogens is 2. The minimum Gasteiger partial charge on any atom is -0.346 e. The number of fused-ring (bicyclic) bond motifs is 1. The van der Waals surface area contributed by atoms with Crippen LogP contribution in [0.4, 0.5) is 4.39 Å². The van der Waals surface area contributed by atoms with Crippen molar-refractivity contribution in [2.75, 3.05) is 12.0 Å². The molecular weight excluding hydrogens is 375 g/mol. The van der Waals surface area contributed by atoms with Crippen LogP contribution >= 0.6 is 23.4 Å². The topological polar surface area (TPSA) is 59.3 Å². The van der Waals surface area contributed by atoms with E-state index in [0.717, 1.165) is 5.75 Å². The van der Waals surface area contributed by atoms with E-state index in [-0.39, 0.29) is 29.0 Å². The van der Waals surface area contributed by atoms with Crippen molar-refractivity contribution in [1.82, 2.24) is 19.9 Å². The number of nitrogens with zero attached hydrogens (tertiary/aromatic N) is 3. The van der Waals surface area contributed by atoms with Gasteiger partial charge in [-0.25, -0.2) is 4.39 Å². The van der Waals surface area contributed by atoms with Crippen LogP contribution < -0.4 is 5.32 Å². The molecule has 1 atom stereocenters. The molecule has 0 saturated carbocycles. The predicted molar refractivity (Wildman–Crippen MR) is 102 cm³/mol. The third-order valence-electron chi connectivity index (χ3n) is 4.00. The molecule has 0 fully saturated rings. The third-order valence-corrected chi connectivity index (χ3v) is 4.99. The van der Waals surface area contributed by atoms with E-state index in [1.165, 1.54) is 12.1 Å². The van der Waals surface area contributed by atoms with Crippen molar-refractivity contribution >= 4 is 34.9 Å². The number of hydrogen-bond acceptors (Lipinski definition) is 4. The largest absolute Gasteiger partial charge is 0.346 e. The van der Waals surface area contributed by atoms with Crippen LogP contribution in [0.3, 0.4) is 0 Å². The van der Waals surface area contributed by atoms with Crippen LogP contribution in [-0.2, 0) is 11.2 Å². The van der Waals surface area contributed by atoms with Gasteiger partial charge in [0.2, 0.25) is 5.91 Å². The summed E-state index contributed by atoms with van der Waals surface area (Å²) in [6.07, 6.45) is 4.42. The van der Waals surface area contributed by atoms with Crippen molar-refractivity contribution < 1.29 is 9.18 Å². The van der Waals surface area contributed by atoms with E-state index in [4.69, 9.17) is 11.6 Å². The number of hydrogen-bond donors (Lipinski definition) is 1. The molecule has 1 N–H and O–H groups in total. The molecule has 2 aromatic heterocycles. The first-order chi connectivity index (χ1) is 12.6. The highest BCUT2D eigenvalue weighted by atomic mass is 35.5. The summed E-state index contributed by atoms with van der Waals surface area (Å²) in [5.41, 5.74) is 0.907. The van der Waals surface area contributed by atoms with E-state index in [1.54, 1.807) is 17.8 Å². The van der Waals surface area contributed by atoms with E-state index < -0.39 is 5.82 Å². The molecule has 3 aromatic rings. The average Bonchev–Trinajstić information content (AvgIpc) is 3.06. The Morgan fingerprint density at radius 2 is 2.15 bits per heavy atom. The van der Waals surface area contributed by atoms with Crippen molar-refractivity contribution in [1.29, 1.82) is 0 Å². The van der Waals surface area contributed by atoms with E-state index in [1.807, 2.05) is 35.1 Å². The van der Waals surface area contributed by atoms with Crippen LogP contribution in [0.2, 0.25) is 5.02 Å². The van der Waals surface area contributed by atoms with Gasteiger partial charge in [0.15, 0.2) is 11.5 Å². The Morgan fingerprint density at radius 3 is 2.92 bits per heavy atom. The van der Waals surface area contributed by atoms with Gasteiger partial charge in [0.25, 0.3) is 0 Å². The summed E-state index contributed by atoms with van der Waals surface area (Å²) in [5, 5.41) is 11.6. The van der Waals surface area contributed by atoms with E-state index in [9.17, 15) is 9.18 Å². The highest BCUT2D eigenvalue weighted by Gasteiger charge is 2.21. The van der Waals surface area contributed by atoms with Crippen LogP contribution in [0.15, 0.2) is 42.6 Å². The minimum atomic E-state index is -0.485. The molecule has 0 spiro atoms. The molecule has 0 saturated heterocycles. The molecule has 26 heavy (non-hydrogen) atoms. The second-order valence-electron chi connectivity index (χ2n) is 5.77. The first-order valence-electron chi connectivity index (χ1n) is 8.11.